The van der Waals surface area contributed by atoms with Crippen LogP contribution in [0.5, 0.6) is 0 Å². The molecule has 1 amide bonds. The normalized spacial score (nSPS) is 12.0. The average Bonchev–Trinajstić information content (AvgIpc) is 2.49. The number of sulfonamides is 1. The first-order valence-corrected chi connectivity index (χ1v) is 9.20. The zero-order valence-corrected chi connectivity index (χ0v) is 15.8. The van der Waals surface area contributed by atoms with Crippen LogP contribution in [-0.4, -0.2) is 57.9 Å². The minimum absolute atomic E-state index is 0.00850. The molecule has 0 aliphatic carbocycles. The Bertz CT molecular complexity index is 669. The fourth-order valence-corrected chi connectivity index (χ4v) is 3.25. The highest BCUT2D eigenvalue weighted by Crippen LogP contribution is 2.23. The first-order valence-electron chi connectivity index (χ1n) is 7.76. The fraction of sp³-hybridized carbons (Fsp3) is 0.562. The number of para-hydroxylation sites is 1. The third-order valence-electron chi connectivity index (χ3n) is 2.95. The van der Waals surface area contributed by atoms with Crippen molar-refractivity contribution in [1.82, 2.24) is 4.31 Å². The van der Waals surface area contributed by atoms with Gasteiger partial charge in [0.2, 0.25) is 0 Å². The van der Waals surface area contributed by atoms with Crippen LogP contribution in [-0.2, 0) is 24.2 Å². The quantitative estimate of drug-likeness (QED) is 0.546. The SMILES string of the molecule is COCCOCCN(C(=O)OC(C)(C)C)S(=O)(=O)c1ccccc1N. The molecule has 2 N–H and O–H groups in total. The molecule has 0 atom stereocenters. The zero-order chi connectivity index (χ0) is 19.1. The molecule has 0 aliphatic heterocycles. The van der Waals surface area contributed by atoms with Gasteiger partial charge < -0.3 is 19.9 Å². The first kappa shape index (κ1) is 21.2. The molecule has 0 saturated heterocycles. The summed E-state index contributed by atoms with van der Waals surface area (Å²) >= 11 is 0. The molecule has 25 heavy (non-hydrogen) atoms. The molecule has 0 unspecified atom stereocenters. The van der Waals surface area contributed by atoms with E-state index in [1.165, 1.54) is 25.3 Å². The molecule has 0 radical (unpaired) electrons. The van der Waals surface area contributed by atoms with E-state index in [4.69, 9.17) is 19.9 Å². The maximum absolute atomic E-state index is 12.9. The van der Waals surface area contributed by atoms with Crippen molar-refractivity contribution in [1.29, 1.82) is 0 Å². The predicted molar refractivity (Wildman–Crippen MR) is 93.7 cm³/mol. The van der Waals surface area contributed by atoms with Crippen molar-refractivity contribution in [3.05, 3.63) is 24.3 Å². The lowest BCUT2D eigenvalue weighted by atomic mass is 10.2. The van der Waals surface area contributed by atoms with E-state index in [1.807, 2.05) is 0 Å². The Morgan fingerprint density at radius 3 is 2.36 bits per heavy atom. The number of hydrogen-bond donors (Lipinski definition) is 1. The van der Waals surface area contributed by atoms with Gasteiger partial charge in [-0.2, -0.15) is 4.31 Å². The number of carbonyl (C=O) groups is 1. The van der Waals surface area contributed by atoms with Crippen molar-refractivity contribution in [2.24, 2.45) is 0 Å². The highest BCUT2D eigenvalue weighted by molar-refractivity contribution is 7.89. The van der Waals surface area contributed by atoms with Crippen molar-refractivity contribution in [3.63, 3.8) is 0 Å². The number of carbonyl (C=O) groups excluding carboxylic acids is 1. The fourth-order valence-electron chi connectivity index (χ4n) is 1.85. The van der Waals surface area contributed by atoms with Crippen LogP contribution in [0.1, 0.15) is 20.8 Å². The second-order valence-corrected chi connectivity index (χ2v) is 8.03. The molecule has 0 aromatic heterocycles. The molecule has 0 bridgehead atoms. The van der Waals surface area contributed by atoms with Crippen LogP contribution in [0.4, 0.5) is 10.5 Å². The van der Waals surface area contributed by atoms with Gasteiger partial charge in [0.15, 0.2) is 0 Å². The molecular formula is C16H26N2O6S. The molecule has 1 aromatic rings. The molecule has 142 valence electrons. The molecule has 1 aromatic carbocycles. The highest BCUT2D eigenvalue weighted by atomic mass is 32.2. The Kier molecular flexibility index (Phi) is 7.65. The lowest BCUT2D eigenvalue weighted by Crippen LogP contribution is -2.42. The van der Waals surface area contributed by atoms with Crippen molar-refractivity contribution < 1.29 is 27.4 Å². The summed E-state index contributed by atoms with van der Waals surface area (Å²) in [5.74, 6) is 0. The van der Waals surface area contributed by atoms with E-state index in [0.29, 0.717) is 10.9 Å². The van der Waals surface area contributed by atoms with E-state index in [-0.39, 0.29) is 30.3 Å². The lowest BCUT2D eigenvalue weighted by Gasteiger charge is -2.27. The lowest BCUT2D eigenvalue weighted by molar-refractivity contribution is 0.0299. The number of anilines is 1. The highest BCUT2D eigenvalue weighted by Gasteiger charge is 2.34. The van der Waals surface area contributed by atoms with E-state index >= 15 is 0 Å². The second kappa shape index (κ2) is 9.02. The number of rotatable bonds is 8. The third-order valence-corrected chi connectivity index (χ3v) is 4.79. The number of amides is 1. The molecule has 8 nitrogen and oxygen atoms in total. The first-order chi connectivity index (χ1) is 11.6. The van der Waals surface area contributed by atoms with Gasteiger partial charge in [-0.25, -0.2) is 13.2 Å². The van der Waals surface area contributed by atoms with E-state index in [9.17, 15) is 13.2 Å². The number of ether oxygens (including phenoxy) is 3. The monoisotopic (exact) mass is 374 g/mol. The van der Waals surface area contributed by atoms with Gasteiger partial charge in [0, 0.05) is 7.11 Å². The van der Waals surface area contributed by atoms with E-state index in [2.05, 4.69) is 0 Å². The number of nitrogens with zero attached hydrogens (tertiary/aromatic N) is 1. The molecular weight excluding hydrogens is 348 g/mol. The minimum Gasteiger partial charge on any atom is -0.443 e. The van der Waals surface area contributed by atoms with Crippen LogP contribution in [0, 0.1) is 0 Å². The van der Waals surface area contributed by atoms with E-state index in [0.717, 1.165) is 0 Å². The summed E-state index contributed by atoms with van der Waals surface area (Å²) in [6.45, 7) is 5.42. The number of nitrogen functional groups attached to an aromatic ring is 1. The summed E-state index contributed by atoms with van der Waals surface area (Å²) in [6, 6.07) is 5.94. The van der Waals surface area contributed by atoms with E-state index < -0.39 is 21.7 Å². The Balaban J connectivity index is 3.04. The topological polar surface area (TPSA) is 108 Å². The molecule has 1 rings (SSSR count). The Morgan fingerprint density at radius 1 is 1.16 bits per heavy atom. The van der Waals surface area contributed by atoms with Crippen molar-refractivity contribution in [2.45, 2.75) is 31.3 Å². The number of hydrogen-bond acceptors (Lipinski definition) is 7. The van der Waals surface area contributed by atoms with Gasteiger partial charge in [-0.1, -0.05) is 12.1 Å². The van der Waals surface area contributed by atoms with Gasteiger partial charge in [-0.15, -0.1) is 0 Å². The Hall–Kier alpha value is -1.84. The molecule has 0 heterocycles. The standard InChI is InChI=1S/C16H26N2O6S/c1-16(2,3)24-15(19)18(9-10-23-12-11-22-4)25(20,21)14-8-6-5-7-13(14)17/h5-8H,9-12,17H2,1-4H3. The predicted octanol–water partition coefficient (Wildman–Crippen LogP) is 1.86. The summed E-state index contributed by atoms with van der Waals surface area (Å²) in [5.41, 5.74) is 4.97. The van der Waals surface area contributed by atoms with Crippen molar-refractivity contribution in [2.75, 3.05) is 39.2 Å². The molecule has 0 saturated carbocycles. The maximum atomic E-state index is 12.9. The van der Waals surface area contributed by atoms with Crippen LogP contribution in [0.15, 0.2) is 29.2 Å². The largest absolute Gasteiger partial charge is 0.443 e. The van der Waals surface area contributed by atoms with Crippen LogP contribution < -0.4 is 5.73 Å². The molecule has 0 spiro atoms. The molecule has 0 aliphatic rings. The van der Waals surface area contributed by atoms with E-state index in [1.54, 1.807) is 26.8 Å². The summed E-state index contributed by atoms with van der Waals surface area (Å²) in [5, 5.41) is 0. The van der Waals surface area contributed by atoms with Gasteiger partial charge in [0.1, 0.15) is 10.5 Å². The van der Waals surface area contributed by atoms with Crippen LogP contribution in [0.2, 0.25) is 0 Å². The number of benzene rings is 1. The van der Waals surface area contributed by atoms with Crippen LogP contribution >= 0.6 is 0 Å². The minimum atomic E-state index is -4.17. The average molecular weight is 374 g/mol. The third kappa shape index (κ3) is 6.52. The maximum Gasteiger partial charge on any atom is 0.424 e. The Morgan fingerprint density at radius 2 is 1.80 bits per heavy atom. The number of methoxy groups -OCH3 is 1. The summed E-state index contributed by atoms with van der Waals surface area (Å²) in [4.78, 5) is 12.3. The number of nitrogens with two attached hydrogens (primary N) is 1. The van der Waals surface area contributed by atoms with Gasteiger partial charge in [-0.05, 0) is 32.9 Å². The summed E-state index contributed by atoms with van der Waals surface area (Å²) in [7, 11) is -2.65. The van der Waals surface area contributed by atoms with Crippen LogP contribution in [0.3, 0.4) is 0 Å². The van der Waals surface area contributed by atoms with Gasteiger partial charge >= 0.3 is 6.09 Å². The van der Waals surface area contributed by atoms with Gasteiger partial charge in [0.25, 0.3) is 10.0 Å². The summed E-state index contributed by atoms with van der Waals surface area (Å²) < 4.78 is 41.7. The van der Waals surface area contributed by atoms with Crippen molar-refractivity contribution in [3.8, 4) is 0 Å². The van der Waals surface area contributed by atoms with Gasteiger partial charge in [0.05, 0.1) is 32.1 Å². The Labute approximate surface area is 148 Å². The molecule has 0 fully saturated rings. The smallest absolute Gasteiger partial charge is 0.424 e. The zero-order valence-electron chi connectivity index (χ0n) is 15.0. The summed E-state index contributed by atoms with van der Waals surface area (Å²) in [6.07, 6.45) is -0.980. The van der Waals surface area contributed by atoms with Crippen LogP contribution in [0.25, 0.3) is 0 Å². The second-order valence-electron chi connectivity index (χ2n) is 6.20. The van der Waals surface area contributed by atoms with Gasteiger partial charge in [-0.3, -0.25) is 0 Å². The molecule has 9 heteroatoms. The van der Waals surface area contributed by atoms with Crippen molar-refractivity contribution >= 4 is 21.8 Å².